The first-order valence-corrected chi connectivity index (χ1v) is 21.4. The molecular weight excluding hydrogens is 672 g/mol. The average molecular weight is 704 g/mol. The van der Waals surface area contributed by atoms with Gasteiger partial charge in [-0.25, -0.2) is 0 Å². The summed E-state index contributed by atoms with van der Waals surface area (Å²) >= 11 is 1.95. The maximum Gasteiger partial charge on any atom is 0.243 e. The van der Waals surface area contributed by atoms with Gasteiger partial charge in [-0.1, -0.05) is 196 Å². The van der Waals surface area contributed by atoms with Crippen molar-refractivity contribution in [3.05, 3.63) is 188 Å². The summed E-state index contributed by atoms with van der Waals surface area (Å²) in [6.07, 6.45) is 0. The lowest BCUT2D eigenvalue weighted by Gasteiger charge is -2.49. The highest BCUT2D eigenvalue weighted by atomic mass is 32.2. The molecule has 9 aromatic rings. The largest absolute Gasteiger partial charge is 0.309 e. The molecule has 0 N–H and O–H groups in total. The molecular formula is C48H31B2NSSi. The fourth-order valence-corrected chi connectivity index (χ4v) is 17.4. The Kier molecular flexibility index (Phi) is 6.26. The Hall–Kier alpha value is -5.74. The van der Waals surface area contributed by atoms with Crippen LogP contribution in [0.3, 0.4) is 0 Å². The van der Waals surface area contributed by atoms with Crippen molar-refractivity contribution in [3.8, 4) is 5.69 Å². The molecule has 0 saturated carbocycles. The van der Waals surface area contributed by atoms with Crippen LogP contribution in [0.25, 0.3) is 27.5 Å². The first kappa shape index (κ1) is 29.8. The van der Waals surface area contributed by atoms with Gasteiger partial charge < -0.3 is 4.57 Å². The van der Waals surface area contributed by atoms with E-state index in [4.69, 9.17) is 0 Å². The molecule has 0 saturated heterocycles. The van der Waals surface area contributed by atoms with Crippen LogP contribution in [-0.4, -0.2) is 26.1 Å². The lowest BCUT2D eigenvalue weighted by Crippen LogP contribution is -2.93. The number of rotatable bonds is 2. The lowest BCUT2D eigenvalue weighted by atomic mass is 9.36. The van der Waals surface area contributed by atoms with Crippen molar-refractivity contribution < 1.29 is 0 Å². The van der Waals surface area contributed by atoms with E-state index in [-0.39, 0.29) is 13.4 Å². The molecule has 1 aromatic heterocycles. The Morgan fingerprint density at radius 1 is 0.396 bits per heavy atom. The molecule has 8 aromatic carbocycles. The average Bonchev–Trinajstić information content (AvgIpc) is 3.56. The quantitative estimate of drug-likeness (QED) is 0.244. The van der Waals surface area contributed by atoms with E-state index >= 15 is 0 Å². The zero-order valence-corrected chi connectivity index (χ0v) is 30.7. The molecule has 0 unspecified atom stereocenters. The third-order valence-corrected chi connectivity index (χ3v) is 18.5. The van der Waals surface area contributed by atoms with Crippen LogP contribution >= 0.6 is 11.8 Å². The number of benzene rings is 8. The number of para-hydroxylation sites is 2. The minimum Gasteiger partial charge on any atom is -0.309 e. The van der Waals surface area contributed by atoms with Crippen LogP contribution < -0.4 is 53.5 Å². The summed E-state index contributed by atoms with van der Waals surface area (Å²) in [4.78, 5) is 2.78. The van der Waals surface area contributed by atoms with E-state index in [1.165, 1.54) is 85.6 Å². The Morgan fingerprint density at radius 2 is 0.943 bits per heavy atom. The molecule has 12 rings (SSSR count). The van der Waals surface area contributed by atoms with E-state index in [9.17, 15) is 0 Å². The molecule has 3 aliphatic heterocycles. The van der Waals surface area contributed by atoms with Gasteiger partial charge in [0, 0.05) is 26.3 Å². The van der Waals surface area contributed by atoms with Gasteiger partial charge in [0.15, 0.2) is 8.07 Å². The molecule has 4 heterocycles. The smallest absolute Gasteiger partial charge is 0.243 e. The van der Waals surface area contributed by atoms with Crippen LogP contribution in [0.15, 0.2) is 198 Å². The highest BCUT2D eigenvalue weighted by Gasteiger charge is 2.56. The van der Waals surface area contributed by atoms with E-state index in [0.717, 1.165) is 0 Å². The van der Waals surface area contributed by atoms with Crippen LogP contribution in [-0.2, 0) is 0 Å². The van der Waals surface area contributed by atoms with E-state index in [2.05, 4.69) is 193 Å². The third kappa shape index (κ3) is 3.91. The number of hydrogen-bond acceptors (Lipinski definition) is 1. The second-order valence-corrected chi connectivity index (χ2v) is 19.4. The highest BCUT2D eigenvalue weighted by molar-refractivity contribution is 8.00. The van der Waals surface area contributed by atoms with Crippen molar-refractivity contribution >= 4 is 109 Å². The zero-order valence-electron chi connectivity index (χ0n) is 28.9. The Balaban J connectivity index is 1.16. The second-order valence-electron chi connectivity index (χ2n) is 14.7. The van der Waals surface area contributed by atoms with Crippen molar-refractivity contribution in [2.75, 3.05) is 0 Å². The summed E-state index contributed by atoms with van der Waals surface area (Å²) in [5.41, 5.74) is 12.3. The van der Waals surface area contributed by atoms with Gasteiger partial charge in [-0.15, -0.1) is 0 Å². The monoisotopic (exact) mass is 703 g/mol. The zero-order chi connectivity index (χ0) is 34.7. The molecule has 1 nitrogen and oxygen atoms in total. The standard InChI is InChI=1S/C48H31B2NSSi/c1-2-15-33(16-3-1)51-40-22-9-4-17-34(40)35-30-29-32(31-41(35)51)49-37-19-6-11-25-44(37)53(45-26-12-7-20-38(45)49)46-27-13-8-21-39(46)50-36-18-5-10-23-42(36)52-43-24-14-28-47(53)48(43)50/h1-31H. The van der Waals surface area contributed by atoms with E-state index in [1.54, 1.807) is 5.19 Å². The van der Waals surface area contributed by atoms with Crippen LogP contribution in [0.1, 0.15) is 0 Å². The van der Waals surface area contributed by atoms with Gasteiger partial charge in [0.1, 0.15) is 0 Å². The number of fused-ring (bicyclic) bond motifs is 13. The first-order chi connectivity index (χ1) is 26.3. The van der Waals surface area contributed by atoms with Crippen molar-refractivity contribution in [2.24, 2.45) is 0 Å². The maximum absolute atomic E-state index is 2.77. The molecule has 1 spiro atoms. The first-order valence-electron chi connectivity index (χ1n) is 18.6. The minimum absolute atomic E-state index is 0.103. The third-order valence-electron chi connectivity index (χ3n) is 12.3. The summed E-state index contributed by atoms with van der Waals surface area (Å²) in [5, 5.41) is 8.71. The van der Waals surface area contributed by atoms with Crippen LogP contribution in [0.2, 0.25) is 0 Å². The van der Waals surface area contributed by atoms with Gasteiger partial charge in [-0.05, 0) is 57.1 Å². The van der Waals surface area contributed by atoms with E-state index < -0.39 is 8.07 Å². The normalized spacial score (nSPS) is 14.4. The lowest BCUT2D eigenvalue weighted by molar-refractivity contribution is 1.18. The summed E-state index contributed by atoms with van der Waals surface area (Å²) in [6.45, 7) is 0.332. The molecule has 0 amide bonds. The van der Waals surface area contributed by atoms with Crippen LogP contribution in [0.5, 0.6) is 0 Å². The van der Waals surface area contributed by atoms with Gasteiger partial charge in [-0.3, -0.25) is 0 Å². The van der Waals surface area contributed by atoms with Crippen LogP contribution in [0, 0.1) is 0 Å². The van der Waals surface area contributed by atoms with Crippen LogP contribution in [0.4, 0.5) is 0 Å². The number of aromatic nitrogens is 1. The fourth-order valence-electron chi connectivity index (χ4n) is 10.4. The maximum atomic E-state index is 2.50. The predicted octanol–water partition coefficient (Wildman–Crippen LogP) is 4.28. The summed E-state index contributed by atoms with van der Waals surface area (Å²) < 4.78 is 2.45. The SMILES string of the molecule is c1ccc(-n2c3ccccc3c3ccc(B4c5ccccc5[Si]5(c6ccccc64)c4ccccc4B4c6ccccc6Sc6cccc5c64)cc32)cc1. The molecule has 5 heteroatoms. The molecule has 0 radical (unpaired) electrons. The van der Waals surface area contributed by atoms with E-state index in [0.29, 0.717) is 0 Å². The van der Waals surface area contributed by atoms with Crippen molar-refractivity contribution in [1.29, 1.82) is 0 Å². The topological polar surface area (TPSA) is 4.93 Å². The number of nitrogens with zero attached hydrogens (tertiary/aromatic N) is 1. The fraction of sp³-hybridized carbons (Fsp3) is 0. The Morgan fingerprint density at radius 3 is 1.68 bits per heavy atom. The van der Waals surface area contributed by atoms with Gasteiger partial charge >= 0.3 is 0 Å². The van der Waals surface area contributed by atoms with Crippen molar-refractivity contribution in [2.45, 2.75) is 9.79 Å². The van der Waals surface area contributed by atoms with Crippen molar-refractivity contribution in [3.63, 3.8) is 0 Å². The molecule has 53 heavy (non-hydrogen) atoms. The summed E-state index contributed by atoms with van der Waals surface area (Å²) in [5.74, 6) is 0. The molecule has 0 bridgehead atoms. The highest BCUT2D eigenvalue weighted by Crippen LogP contribution is 2.33. The number of hydrogen-bond donors (Lipinski definition) is 0. The molecule has 3 aliphatic rings. The van der Waals surface area contributed by atoms with Gasteiger partial charge in [0.2, 0.25) is 13.4 Å². The molecule has 244 valence electrons. The Labute approximate surface area is 315 Å². The van der Waals surface area contributed by atoms with E-state index in [1.807, 2.05) is 11.8 Å². The predicted molar refractivity (Wildman–Crippen MR) is 231 cm³/mol. The Bertz CT molecular complexity index is 2920. The minimum atomic E-state index is -2.77. The molecule has 0 atom stereocenters. The summed E-state index contributed by atoms with van der Waals surface area (Å²) in [6, 6.07) is 71.7. The van der Waals surface area contributed by atoms with Gasteiger partial charge in [0.05, 0.1) is 11.0 Å². The van der Waals surface area contributed by atoms with Gasteiger partial charge in [-0.2, -0.15) is 0 Å². The van der Waals surface area contributed by atoms with Gasteiger partial charge in [0.25, 0.3) is 0 Å². The molecule has 0 aliphatic carbocycles. The molecule has 0 fully saturated rings. The van der Waals surface area contributed by atoms with Crippen molar-refractivity contribution in [1.82, 2.24) is 4.57 Å². The summed E-state index contributed by atoms with van der Waals surface area (Å²) in [7, 11) is -2.77. The second kappa shape index (κ2) is 11.1.